The van der Waals surface area contributed by atoms with Crippen LogP contribution in [0, 0.1) is 5.92 Å². The van der Waals surface area contributed by atoms with E-state index < -0.39 is 78.6 Å². The lowest BCUT2D eigenvalue weighted by Crippen LogP contribution is -2.58. The molecule has 13 nitrogen and oxygen atoms in total. The fraction of sp³-hybridized carbons (Fsp3) is 0.684. The van der Waals surface area contributed by atoms with Crippen LogP contribution in [0.5, 0.6) is 0 Å². The standard InChI is InChI=1S/C19H30N4O9/c1-9(2)15(18(30)21-11(19(31)32)5-6-13(24)25)23-17(29)12(8-14(26)27)22-16(28)10-4-3-7-20-10/h9-12,15,20H,3-8H2,1-2H3,(H,21,30)(H,22,28)(H,23,29)(H,24,25)(H,26,27)(H,31,32). The molecule has 0 spiro atoms. The molecule has 180 valence electrons. The molecule has 0 radical (unpaired) electrons. The predicted molar refractivity (Wildman–Crippen MR) is 108 cm³/mol. The Labute approximate surface area is 184 Å². The Bertz CT molecular complexity index is 734. The number of carbonyl (C=O) groups excluding carboxylic acids is 3. The maximum Gasteiger partial charge on any atom is 0.326 e. The van der Waals surface area contributed by atoms with Gasteiger partial charge in [-0.1, -0.05) is 13.8 Å². The Hall–Kier alpha value is -3.22. The van der Waals surface area contributed by atoms with Gasteiger partial charge < -0.3 is 36.6 Å². The van der Waals surface area contributed by atoms with Gasteiger partial charge in [0, 0.05) is 6.42 Å². The minimum Gasteiger partial charge on any atom is -0.481 e. The third kappa shape index (κ3) is 8.88. The van der Waals surface area contributed by atoms with E-state index >= 15 is 0 Å². The fourth-order valence-electron chi connectivity index (χ4n) is 3.14. The normalized spacial score (nSPS) is 18.3. The van der Waals surface area contributed by atoms with Crippen molar-refractivity contribution in [3.63, 3.8) is 0 Å². The Morgan fingerprint density at radius 3 is 2.03 bits per heavy atom. The van der Waals surface area contributed by atoms with E-state index in [4.69, 9.17) is 10.2 Å². The molecular weight excluding hydrogens is 428 g/mol. The van der Waals surface area contributed by atoms with E-state index in [0.717, 1.165) is 6.42 Å². The number of carboxylic acid groups (broad SMARTS) is 3. The Morgan fingerprint density at radius 2 is 1.56 bits per heavy atom. The smallest absolute Gasteiger partial charge is 0.326 e. The molecule has 1 saturated heterocycles. The molecule has 4 unspecified atom stereocenters. The molecule has 1 aliphatic rings. The summed E-state index contributed by atoms with van der Waals surface area (Å²) in [5.74, 6) is -6.85. The van der Waals surface area contributed by atoms with Crippen molar-refractivity contribution in [3.05, 3.63) is 0 Å². The average molecular weight is 458 g/mol. The summed E-state index contributed by atoms with van der Waals surface area (Å²) in [5.41, 5.74) is 0. The summed E-state index contributed by atoms with van der Waals surface area (Å²) >= 11 is 0. The van der Waals surface area contributed by atoms with Gasteiger partial charge in [0.1, 0.15) is 18.1 Å². The zero-order valence-electron chi connectivity index (χ0n) is 17.9. The van der Waals surface area contributed by atoms with Crippen LogP contribution >= 0.6 is 0 Å². The van der Waals surface area contributed by atoms with Crippen LogP contribution in [0.3, 0.4) is 0 Å². The van der Waals surface area contributed by atoms with Crippen molar-refractivity contribution in [2.24, 2.45) is 5.92 Å². The SMILES string of the molecule is CC(C)C(NC(=O)C(CC(=O)O)NC(=O)C1CCCN1)C(=O)NC(CCC(=O)O)C(=O)O. The van der Waals surface area contributed by atoms with Crippen molar-refractivity contribution in [1.29, 1.82) is 0 Å². The lowest BCUT2D eigenvalue weighted by Gasteiger charge is -2.26. The van der Waals surface area contributed by atoms with Crippen LogP contribution in [0.1, 0.15) is 46.0 Å². The molecule has 0 aromatic heterocycles. The van der Waals surface area contributed by atoms with Crippen LogP contribution in [0.15, 0.2) is 0 Å². The molecule has 1 fully saturated rings. The number of hydrogen-bond donors (Lipinski definition) is 7. The lowest BCUT2D eigenvalue weighted by atomic mass is 10.0. The third-order valence-corrected chi connectivity index (χ3v) is 4.90. The molecule has 0 aromatic carbocycles. The molecule has 32 heavy (non-hydrogen) atoms. The number of hydrogen-bond acceptors (Lipinski definition) is 7. The van der Waals surface area contributed by atoms with Crippen molar-refractivity contribution >= 4 is 35.6 Å². The highest BCUT2D eigenvalue weighted by atomic mass is 16.4. The van der Waals surface area contributed by atoms with Crippen LogP contribution < -0.4 is 21.3 Å². The summed E-state index contributed by atoms with van der Waals surface area (Å²) in [6, 6.07) is -4.72. The van der Waals surface area contributed by atoms with Crippen molar-refractivity contribution in [3.8, 4) is 0 Å². The molecule has 13 heteroatoms. The molecule has 3 amide bonds. The monoisotopic (exact) mass is 458 g/mol. The van der Waals surface area contributed by atoms with Gasteiger partial charge in [-0.15, -0.1) is 0 Å². The second kappa shape index (κ2) is 12.6. The lowest BCUT2D eigenvalue weighted by molar-refractivity contribution is -0.144. The first-order valence-electron chi connectivity index (χ1n) is 10.2. The van der Waals surface area contributed by atoms with Gasteiger partial charge in [0.2, 0.25) is 17.7 Å². The number of aliphatic carboxylic acids is 3. The van der Waals surface area contributed by atoms with Gasteiger partial charge in [-0.2, -0.15) is 0 Å². The van der Waals surface area contributed by atoms with E-state index in [1.807, 2.05) is 0 Å². The van der Waals surface area contributed by atoms with Crippen LogP contribution in [0.2, 0.25) is 0 Å². The fourth-order valence-corrected chi connectivity index (χ4v) is 3.14. The van der Waals surface area contributed by atoms with Crippen molar-refractivity contribution < 1.29 is 44.1 Å². The largest absolute Gasteiger partial charge is 0.481 e. The Balaban J connectivity index is 2.88. The third-order valence-electron chi connectivity index (χ3n) is 4.90. The highest BCUT2D eigenvalue weighted by Crippen LogP contribution is 2.08. The summed E-state index contributed by atoms with van der Waals surface area (Å²) < 4.78 is 0. The number of rotatable bonds is 13. The first kappa shape index (κ1) is 26.8. The molecule has 0 saturated carbocycles. The van der Waals surface area contributed by atoms with Crippen LogP contribution in [0.4, 0.5) is 0 Å². The van der Waals surface area contributed by atoms with Crippen molar-refractivity contribution in [1.82, 2.24) is 21.3 Å². The van der Waals surface area contributed by atoms with Gasteiger partial charge in [-0.3, -0.25) is 24.0 Å². The number of amides is 3. The van der Waals surface area contributed by atoms with E-state index in [9.17, 15) is 33.9 Å². The van der Waals surface area contributed by atoms with Crippen molar-refractivity contribution in [2.45, 2.75) is 70.1 Å². The topological polar surface area (TPSA) is 211 Å². The van der Waals surface area contributed by atoms with E-state index in [1.165, 1.54) is 0 Å². The number of carboxylic acids is 3. The Kier molecular flexibility index (Phi) is 10.5. The van der Waals surface area contributed by atoms with Crippen LogP contribution in [-0.2, 0) is 28.8 Å². The maximum atomic E-state index is 12.7. The molecule has 1 rings (SSSR count). The highest BCUT2D eigenvalue weighted by molar-refractivity contribution is 5.95. The molecule has 4 atom stereocenters. The summed E-state index contributed by atoms with van der Waals surface area (Å²) in [5, 5.41) is 36.9. The van der Waals surface area contributed by atoms with E-state index in [1.54, 1.807) is 13.8 Å². The summed E-state index contributed by atoms with van der Waals surface area (Å²) in [4.78, 5) is 70.8. The summed E-state index contributed by atoms with van der Waals surface area (Å²) in [6.45, 7) is 3.77. The average Bonchev–Trinajstić information content (AvgIpc) is 3.22. The van der Waals surface area contributed by atoms with Crippen molar-refractivity contribution in [2.75, 3.05) is 6.54 Å². The summed E-state index contributed by atoms with van der Waals surface area (Å²) in [7, 11) is 0. The van der Waals surface area contributed by atoms with Gasteiger partial charge >= 0.3 is 17.9 Å². The molecule has 7 N–H and O–H groups in total. The van der Waals surface area contributed by atoms with E-state index in [-0.39, 0.29) is 6.42 Å². The predicted octanol–water partition coefficient (Wildman–Crippen LogP) is -1.73. The highest BCUT2D eigenvalue weighted by Gasteiger charge is 2.33. The zero-order chi connectivity index (χ0) is 24.4. The molecular formula is C19H30N4O9. The van der Waals surface area contributed by atoms with Gasteiger partial charge in [0.25, 0.3) is 0 Å². The van der Waals surface area contributed by atoms with Gasteiger partial charge in [-0.05, 0) is 31.7 Å². The van der Waals surface area contributed by atoms with Gasteiger partial charge in [-0.25, -0.2) is 4.79 Å². The molecule has 0 aliphatic carbocycles. The van der Waals surface area contributed by atoms with Crippen LogP contribution in [0.25, 0.3) is 0 Å². The van der Waals surface area contributed by atoms with E-state index in [2.05, 4.69) is 21.3 Å². The second-order valence-electron chi connectivity index (χ2n) is 7.87. The first-order chi connectivity index (χ1) is 14.9. The summed E-state index contributed by atoms with van der Waals surface area (Å²) in [6.07, 6.45) is -0.264. The molecule has 0 bridgehead atoms. The number of carbonyl (C=O) groups is 6. The zero-order valence-corrected chi connectivity index (χ0v) is 17.9. The van der Waals surface area contributed by atoms with Gasteiger partial charge in [0.05, 0.1) is 12.5 Å². The Morgan fingerprint density at radius 1 is 0.906 bits per heavy atom. The molecule has 0 aromatic rings. The number of nitrogens with one attached hydrogen (secondary N) is 4. The van der Waals surface area contributed by atoms with Gasteiger partial charge in [0.15, 0.2) is 0 Å². The molecule has 1 aliphatic heterocycles. The minimum atomic E-state index is -1.49. The second-order valence-corrected chi connectivity index (χ2v) is 7.87. The maximum absolute atomic E-state index is 12.7. The molecule has 1 heterocycles. The van der Waals surface area contributed by atoms with E-state index in [0.29, 0.717) is 13.0 Å². The first-order valence-corrected chi connectivity index (χ1v) is 10.2. The van der Waals surface area contributed by atoms with Crippen LogP contribution in [-0.4, -0.2) is 81.7 Å². The quantitative estimate of drug-likeness (QED) is 0.166. The minimum absolute atomic E-state index is 0.360.